The molecule has 2 aromatic rings. The predicted molar refractivity (Wildman–Crippen MR) is 91.6 cm³/mol. The first kappa shape index (κ1) is 16.8. The van der Waals surface area contributed by atoms with Gasteiger partial charge in [0.2, 0.25) is 5.91 Å². The Morgan fingerprint density at radius 2 is 2.05 bits per heavy atom. The Hall–Kier alpha value is -1.57. The van der Waals surface area contributed by atoms with Crippen molar-refractivity contribution in [2.45, 2.75) is 4.90 Å². The largest absolute Gasteiger partial charge is 0.324 e. The average molecular weight is 402 g/mol. The summed E-state index contributed by atoms with van der Waals surface area (Å²) in [6, 6.07) is 11.5. The third kappa shape index (κ3) is 4.46. The van der Waals surface area contributed by atoms with Crippen molar-refractivity contribution in [2.24, 2.45) is 0 Å². The quantitative estimate of drug-likeness (QED) is 0.446. The Morgan fingerprint density at radius 1 is 1.32 bits per heavy atom. The van der Waals surface area contributed by atoms with Gasteiger partial charge in [0.25, 0.3) is 5.69 Å². The van der Waals surface area contributed by atoms with Crippen LogP contribution in [0.15, 0.2) is 51.8 Å². The molecule has 0 bridgehead atoms. The second kappa shape index (κ2) is 7.62. The van der Waals surface area contributed by atoms with Crippen molar-refractivity contribution in [1.29, 1.82) is 0 Å². The second-order valence-electron chi connectivity index (χ2n) is 4.19. The smallest absolute Gasteiger partial charge is 0.271 e. The molecule has 1 amide bonds. The fourth-order valence-corrected chi connectivity index (χ4v) is 3.20. The summed E-state index contributed by atoms with van der Waals surface area (Å²) in [4.78, 5) is 23.0. The van der Waals surface area contributed by atoms with Crippen LogP contribution in [0.4, 0.5) is 11.4 Å². The number of nitrogens with one attached hydrogen (secondary N) is 1. The van der Waals surface area contributed by atoms with Crippen LogP contribution in [0.3, 0.4) is 0 Å². The minimum atomic E-state index is -0.541. The van der Waals surface area contributed by atoms with Crippen molar-refractivity contribution in [3.63, 3.8) is 0 Å². The summed E-state index contributed by atoms with van der Waals surface area (Å²) in [7, 11) is 0. The molecular weight excluding hydrogens is 392 g/mol. The van der Waals surface area contributed by atoms with E-state index in [2.05, 4.69) is 21.2 Å². The standard InChI is InChI=1S/C14H10BrClN2O3S/c15-10-3-1-2-4-13(10)22-8-14(19)17-12-6-5-9(18(20)21)7-11(12)16/h1-7H,8H2,(H,17,19). The first-order valence-electron chi connectivity index (χ1n) is 6.08. The number of benzene rings is 2. The lowest BCUT2D eigenvalue weighted by atomic mass is 10.3. The summed E-state index contributed by atoms with van der Waals surface area (Å²) in [5.74, 6) is -0.0351. The second-order valence-corrected chi connectivity index (χ2v) is 6.47. The van der Waals surface area contributed by atoms with Crippen LogP contribution in [-0.2, 0) is 4.79 Å². The fourth-order valence-electron chi connectivity index (χ4n) is 1.61. The van der Waals surface area contributed by atoms with E-state index in [0.717, 1.165) is 9.37 Å². The van der Waals surface area contributed by atoms with Gasteiger partial charge in [-0.3, -0.25) is 14.9 Å². The summed E-state index contributed by atoms with van der Waals surface area (Å²) in [6.07, 6.45) is 0. The number of carbonyl (C=O) groups excluding carboxylic acids is 1. The van der Waals surface area contributed by atoms with Gasteiger partial charge in [0.1, 0.15) is 0 Å². The van der Waals surface area contributed by atoms with Gasteiger partial charge in [0, 0.05) is 21.5 Å². The lowest BCUT2D eigenvalue weighted by molar-refractivity contribution is -0.384. The highest BCUT2D eigenvalue weighted by atomic mass is 79.9. The van der Waals surface area contributed by atoms with Crippen LogP contribution in [0.5, 0.6) is 0 Å². The lowest BCUT2D eigenvalue weighted by Crippen LogP contribution is -2.14. The molecule has 2 aromatic carbocycles. The minimum absolute atomic E-state index is 0.120. The van der Waals surface area contributed by atoms with Crippen molar-refractivity contribution in [1.82, 2.24) is 0 Å². The first-order valence-corrected chi connectivity index (χ1v) is 8.24. The van der Waals surface area contributed by atoms with Gasteiger partial charge in [-0.2, -0.15) is 0 Å². The Bertz CT molecular complexity index is 727. The van der Waals surface area contributed by atoms with Crippen LogP contribution in [0.2, 0.25) is 5.02 Å². The van der Waals surface area contributed by atoms with Gasteiger partial charge in [-0.15, -0.1) is 11.8 Å². The zero-order valence-corrected chi connectivity index (χ0v) is 14.2. The van der Waals surface area contributed by atoms with E-state index in [1.807, 2.05) is 24.3 Å². The molecule has 22 heavy (non-hydrogen) atoms. The predicted octanol–water partition coefficient (Wildman–Crippen LogP) is 4.74. The first-order chi connectivity index (χ1) is 10.5. The number of thioether (sulfide) groups is 1. The molecule has 114 valence electrons. The molecule has 0 aliphatic rings. The average Bonchev–Trinajstić information content (AvgIpc) is 2.48. The van der Waals surface area contributed by atoms with E-state index >= 15 is 0 Å². The molecule has 5 nitrogen and oxygen atoms in total. The van der Waals surface area contributed by atoms with Gasteiger partial charge in [-0.1, -0.05) is 23.7 Å². The number of hydrogen-bond acceptors (Lipinski definition) is 4. The molecule has 0 aliphatic carbocycles. The number of nitrogens with zero attached hydrogens (tertiary/aromatic N) is 1. The van der Waals surface area contributed by atoms with Gasteiger partial charge in [0.15, 0.2) is 0 Å². The molecule has 1 N–H and O–H groups in total. The van der Waals surface area contributed by atoms with Crippen LogP contribution >= 0.6 is 39.3 Å². The fraction of sp³-hybridized carbons (Fsp3) is 0.0714. The molecule has 0 spiro atoms. The molecule has 0 radical (unpaired) electrons. The Balaban J connectivity index is 1.98. The molecule has 8 heteroatoms. The number of anilines is 1. The molecule has 0 unspecified atom stereocenters. The topological polar surface area (TPSA) is 72.2 Å². The highest BCUT2D eigenvalue weighted by Crippen LogP contribution is 2.29. The number of rotatable bonds is 5. The monoisotopic (exact) mass is 400 g/mol. The number of amides is 1. The van der Waals surface area contributed by atoms with Gasteiger partial charge < -0.3 is 5.32 Å². The van der Waals surface area contributed by atoms with Gasteiger partial charge >= 0.3 is 0 Å². The molecular formula is C14H10BrClN2O3S. The van der Waals surface area contributed by atoms with E-state index in [-0.39, 0.29) is 22.4 Å². The van der Waals surface area contributed by atoms with E-state index in [9.17, 15) is 14.9 Å². The number of nitro groups is 1. The minimum Gasteiger partial charge on any atom is -0.324 e. The van der Waals surface area contributed by atoms with E-state index < -0.39 is 4.92 Å². The van der Waals surface area contributed by atoms with Crippen molar-refractivity contribution in [3.8, 4) is 0 Å². The van der Waals surface area contributed by atoms with Crippen LogP contribution in [0, 0.1) is 10.1 Å². The van der Waals surface area contributed by atoms with Crippen LogP contribution in [0.1, 0.15) is 0 Å². The summed E-state index contributed by atoms with van der Waals surface area (Å²) >= 11 is 10.7. The molecule has 0 fully saturated rings. The van der Waals surface area contributed by atoms with Crippen LogP contribution in [-0.4, -0.2) is 16.6 Å². The zero-order valence-electron chi connectivity index (χ0n) is 11.1. The summed E-state index contributed by atoms with van der Waals surface area (Å²) in [6.45, 7) is 0. The Kier molecular flexibility index (Phi) is 5.82. The molecule has 0 aromatic heterocycles. The maximum Gasteiger partial charge on any atom is 0.271 e. The van der Waals surface area contributed by atoms with E-state index in [1.165, 1.54) is 30.0 Å². The maximum atomic E-state index is 11.9. The van der Waals surface area contributed by atoms with Gasteiger partial charge in [-0.25, -0.2) is 0 Å². The molecule has 0 saturated carbocycles. The highest BCUT2D eigenvalue weighted by molar-refractivity contribution is 9.10. The number of hydrogen-bond donors (Lipinski definition) is 1. The van der Waals surface area contributed by atoms with Gasteiger partial charge in [-0.05, 0) is 34.1 Å². The normalized spacial score (nSPS) is 10.3. The summed E-state index contributed by atoms with van der Waals surface area (Å²) < 4.78 is 0.918. The number of carbonyl (C=O) groups is 1. The lowest BCUT2D eigenvalue weighted by Gasteiger charge is -2.07. The molecule has 0 atom stereocenters. The summed E-state index contributed by atoms with van der Waals surface area (Å²) in [5, 5.41) is 13.4. The van der Waals surface area contributed by atoms with Crippen molar-refractivity contribution in [2.75, 3.05) is 11.1 Å². The molecule has 0 aliphatic heterocycles. The number of nitro benzene ring substituents is 1. The molecule has 0 saturated heterocycles. The zero-order chi connectivity index (χ0) is 16.1. The number of halogens is 2. The van der Waals surface area contributed by atoms with Crippen molar-refractivity contribution in [3.05, 3.63) is 62.1 Å². The van der Waals surface area contributed by atoms with E-state index in [0.29, 0.717) is 5.69 Å². The third-order valence-corrected chi connectivity index (χ3v) is 4.97. The molecule has 0 heterocycles. The SMILES string of the molecule is O=C(CSc1ccccc1Br)Nc1ccc([N+](=O)[O-])cc1Cl. The number of non-ortho nitro benzene ring substituents is 1. The maximum absolute atomic E-state index is 11.9. The highest BCUT2D eigenvalue weighted by Gasteiger charge is 2.12. The Labute approximate surface area is 144 Å². The van der Waals surface area contributed by atoms with Gasteiger partial charge in [0.05, 0.1) is 21.4 Å². The Morgan fingerprint density at radius 3 is 2.68 bits per heavy atom. The van der Waals surface area contributed by atoms with E-state index in [1.54, 1.807) is 0 Å². The van der Waals surface area contributed by atoms with Crippen molar-refractivity contribution >= 4 is 56.6 Å². The molecule has 2 rings (SSSR count). The van der Waals surface area contributed by atoms with E-state index in [4.69, 9.17) is 11.6 Å². The van der Waals surface area contributed by atoms with Crippen molar-refractivity contribution < 1.29 is 9.72 Å². The third-order valence-electron chi connectivity index (χ3n) is 2.63. The summed E-state index contributed by atoms with van der Waals surface area (Å²) in [5.41, 5.74) is 0.232. The van der Waals surface area contributed by atoms with Crippen LogP contribution < -0.4 is 5.32 Å². The van der Waals surface area contributed by atoms with Crippen LogP contribution in [0.25, 0.3) is 0 Å².